The summed E-state index contributed by atoms with van der Waals surface area (Å²) in [7, 11) is 0. The van der Waals surface area contributed by atoms with Gasteiger partial charge in [0, 0.05) is 19.2 Å². The van der Waals surface area contributed by atoms with Gasteiger partial charge in [-0.2, -0.15) is 0 Å². The molecule has 0 fully saturated rings. The Morgan fingerprint density at radius 2 is 2.00 bits per heavy atom. The molecule has 0 saturated carbocycles. The van der Waals surface area contributed by atoms with Crippen molar-refractivity contribution in [1.82, 2.24) is 14.5 Å². The van der Waals surface area contributed by atoms with Crippen LogP contribution in [-0.4, -0.2) is 14.5 Å². The molecule has 0 aliphatic carbocycles. The minimum atomic E-state index is 0.756. The zero-order valence-corrected chi connectivity index (χ0v) is 10.8. The minimum Gasteiger partial charge on any atom is -0.441 e. The van der Waals surface area contributed by atoms with Crippen LogP contribution in [0.25, 0.3) is 11.5 Å². The summed E-state index contributed by atoms with van der Waals surface area (Å²) in [5, 5.41) is 0. The molecular weight excluding hydrogens is 238 g/mol. The van der Waals surface area contributed by atoms with Crippen LogP contribution in [0.15, 0.2) is 53.7 Å². The Balaban J connectivity index is 1.90. The number of aryl methyl sites for hydroxylation is 1. The molecule has 4 heteroatoms. The number of hydrogen-bond acceptors (Lipinski definition) is 3. The van der Waals surface area contributed by atoms with E-state index >= 15 is 0 Å². The van der Waals surface area contributed by atoms with Crippen molar-refractivity contribution in [3.05, 3.63) is 60.5 Å². The van der Waals surface area contributed by atoms with Gasteiger partial charge in [-0.25, -0.2) is 9.97 Å². The van der Waals surface area contributed by atoms with Crippen molar-refractivity contribution in [2.24, 2.45) is 0 Å². The number of nitrogens with zero attached hydrogens (tertiary/aromatic N) is 3. The van der Waals surface area contributed by atoms with Crippen molar-refractivity contribution in [3.63, 3.8) is 0 Å². The van der Waals surface area contributed by atoms with Gasteiger partial charge in [-0.05, 0) is 12.5 Å². The predicted molar refractivity (Wildman–Crippen MR) is 72.6 cm³/mol. The maximum Gasteiger partial charge on any atom is 0.181 e. The fraction of sp³-hybridized carbons (Fsp3) is 0.200. The van der Waals surface area contributed by atoms with E-state index in [2.05, 4.69) is 29.0 Å². The van der Waals surface area contributed by atoms with E-state index in [0.717, 1.165) is 30.1 Å². The third-order valence-electron chi connectivity index (χ3n) is 3.09. The molecular formula is C15H15N3O. The van der Waals surface area contributed by atoms with Crippen molar-refractivity contribution < 1.29 is 4.42 Å². The highest BCUT2D eigenvalue weighted by Crippen LogP contribution is 2.23. The highest BCUT2D eigenvalue weighted by atomic mass is 16.3. The number of benzene rings is 1. The van der Waals surface area contributed by atoms with E-state index in [0.29, 0.717) is 0 Å². The lowest BCUT2D eigenvalue weighted by molar-refractivity contribution is 0.569. The van der Waals surface area contributed by atoms with Gasteiger partial charge in [0.05, 0.1) is 12.0 Å². The minimum absolute atomic E-state index is 0.756. The third-order valence-corrected chi connectivity index (χ3v) is 3.09. The second kappa shape index (κ2) is 5.10. The van der Waals surface area contributed by atoms with Gasteiger partial charge in [0.1, 0.15) is 5.69 Å². The summed E-state index contributed by atoms with van der Waals surface area (Å²) in [6, 6.07) is 10.2. The number of aromatic nitrogens is 3. The smallest absolute Gasteiger partial charge is 0.181 e. The Hall–Kier alpha value is -2.36. The monoisotopic (exact) mass is 253 g/mol. The predicted octanol–water partition coefficient (Wildman–Crippen LogP) is 3.15. The molecule has 0 aliphatic rings. The van der Waals surface area contributed by atoms with Crippen LogP contribution < -0.4 is 0 Å². The molecule has 0 amide bonds. The van der Waals surface area contributed by atoms with Gasteiger partial charge in [-0.15, -0.1) is 0 Å². The molecule has 0 aliphatic heterocycles. The molecule has 2 heterocycles. The number of oxazole rings is 1. The van der Waals surface area contributed by atoms with E-state index in [1.165, 1.54) is 12.0 Å². The molecule has 0 saturated heterocycles. The van der Waals surface area contributed by atoms with Gasteiger partial charge in [0.15, 0.2) is 12.2 Å². The average Bonchev–Trinajstić information content (AvgIpc) is 3.08. The lowest BCUT2D eigenvalue weighted by Crippen LogP contribution is -1.91. The lowest BCUT2D eigenvalue weighted by Gasteiger charge is -1.99. The Morgan fingerprint density at radius 1 is 1.16 bits per heavy atom. The van der Waals surface area contributed by atoms with Crippen LogP contribution in [0.4, 0.5) is 0 Å². The summed E-state index contributed by atoms with van der Waals surface area (Å²) in [6.45, 7) is 2.98. The molecule has 2 aromatic heterocycles. The molecule has 0 atom stereocenters. The largest absolute Gasteiger partial charge is 0.441 e. The molecule has 0 spiro atoms. The summed E-state index contributed by atoms with van der Waals surface area (Å²) in [5.41, 5.74) is 2.98. The molecule has 0 radical (unpaired) electrons. The molecule has 96 valence electrons. The van der Waals surface area contributed by atoms with Crippen molar-refractivity contribution in [3.8, 4) is 11.5 Å². The summed E-state index contributed by atoms with van der Waals surface area (Å²) < 4.78 is 7.51. The van der Waals surface area contributed by atoms with Crippen molar-refractivity contribution in [2.45, 2.75) is 19.9 Å². The normalized spacial score (nSPS) is 10.8. The first-order chi connectivity index (χ1) is 9.36. The lowest BCUT2D eigenvalue weighted by atomic mass is 10.1. The van der Waals surface area contributed by atoms with E-state index in [1.54, 1.807) is 0 Å². The maximum absolute atomic E-state index is 5.49. The van der Waals surface area contributed by atoms with Gasteiger partial charge in [0.2, 0.25) is 0 Å². The topological polar surface area (TPSA) is 43.9 Å². The number of rotatable bonds is 4. The van der Waals surface area contributed by atoms with Crippen molar-refractivity contribution in [1.29, 1.82) is 0 Å². The summed E-state index contributed by atoms with van der Waals surface area (Å²) in [4.78, 5) is 8.67. The Kier molecular flexibility index (Phi) is 3.14. The first-order valence-corrected chi connectivity index (χ1v) is 6.35. The average molecular weight is 253 g/mol. The van der Waals surface area contributed by atoms with Crippen LogP contribution in [0.1, 0.15) is 18.2 Å². The quantitative estimate of drug-likeness (QED) is 0.717. The van der Waals surface area contributed by atoms with Gasteiger partial charge in [-0.3, -0.25) is 0 Å². The summed E-state index contributed by atoms with van der Waals surface area (Å²) >= 11 is 0. The van der Waals surface area contributed by atoms with Crippen molar-refractivity contribution >= 4 is 0 Å². The van der Waals surface area contributed by atoms with Gasteiger partial charge >= 0.3 is 0 Å². The van der Waals surface area contributed by atoms with Gasteiger partial charge in [-0.1, -0.05) is 30.3 Å². The van der Waals surface area contributed by atoms with E-state index < -0.39 is 0 Å². The highest BCUT2D eigenvalue weighted by Gasteiger charge is 2.13. The molecule has 4 nitrogen and oxygen atoms in total. The Bertz CT molecular complexity index is 655. The van der Waals surface area contributed by atoms with Crippen LogP contribution in [0.2, 0.25) is 0 Å². The van der Waals surface area contributed by atoms with Crippen LogP contribution in [0, 0.1) is 0 Å². The van der Waals surface area contributed by atoms with Gasteiger partial charge < -0.3 is 8.98 Å². The highest BCUT2D eigenvalue weighted by molar-refractivity contribution is 5.54. The molecule has 0 N–H and O–H groups in total. The number of imidazole rings is 1. The van der Waals surface area contributed by atoms with Crippen LogP contribution in [-0.2, 0) is 13.0 Å². The third kappa shape index (κ3) is 2.42. The Morgan fingerprint density at radius 3 is 2.74 bits per heavy atom. The van der Waals surface area contributed by atoms with E-state index in [9.17, 15) is 0 Å². The molecule has 1 aromatic carbocycles. The zero-order valence-electron chi connectivity index (χ0n) is 10.8. The summed E-state index contributed by atoms with van der Waals surface area (Å²) in [6.07, 6.45) is 6.03. The second-order valence-corrected chi connectivity index (χ2v) is 4.38. The molecule has 0 unspecified atom stereocenters. The Labute approximate surface area is 111 Å². The number of hydrogen-bond donors (Lipinski definition) is 0. The van der Waals surface area contributed by atoms with Crippen LogP contribution >= 0.6 is 0 Å². The standard InChI is InChI=1S/C15H15N3O/c1-2-18-9-14(16-10-18)15-13(17-11-19-15)8-12-6-4-3-5-7-12/h3-7,9-11H,2,8H2,1H3. The SMILES string of the molecule is CCn1cnc(-c2ocnc2Cc2ccccc2)c1. The fourth-order valence-electron chi connectivity index (χ4n) is 2.04. The van der Waals surface area contributed by atoms with Crippen LogP contribution in [0.3, 0.4) is 0 Å². The van der Waals surface area contributed by atoms with E-state index in [-0.39, 0.29) is 0 Å². The zero-order chi connectivity index (χ0) is 13.1. The first kappa shape index (κ1) is 11.7. The van der Waals surface area contributed by atoms with Crippen molar-refractivity contribution in [2.75, 3.05) is 0 Å². The van der Waals surface area contributed by atoms with Gasteiger partial charge in [0.25, 0.3) is 0 Å². The first-order valence-electron chi connectivity index (χ1n) is 6.35. The molecule has 3 rings (SSSR count). The molecule has 3 aromatic rings. The van der Waals surface area contributed by atoms with Crippen LogP contribution in [0.5, 0.6) is 0 Å². The maximum atomic E-state index is 5.49. The van der Waals surface area contributed by atoms with E-state index in [4.69, 9.17) is 4.42 Å². The summed E-state index contributed by atoms with van der Waals surface area (Å²) in [5.74, 6) is 0.760. The molecule has 0 bridgehead atoms. The molecule has 19 heavy (non-hydrogen) atoms. The fourth-order valence-corrected chi connectivity index (χ4v) is 2.04. The van der Waals surface area contributed by atoms with E-state index in [1.807, 2.05) is 35.3 Å². The second-order valence-electron chi connectivity index (χ2n) is 4.38.